The molecule has 0 radical (unpaired) electrons. The first kappa shape index (κ1) is 17.1. The SMILES string of the molecule is CC(=O)NCCNC(=O)c1nn(-c2ccc(F)cc2)c2c1CCCC2. The number of hydrogen-bond acceptors (Lipinski definition) is 3. The van der Waals surface area contributed by atoms with E-state index in [4.69, 9.17) is 0 Å². The summed E-state index contributed by atoms with van der Waals surface area (Å²) in [6.07, 6.45) is 3.72. The molecule has 25 heavy (non-hydrogen) atoms. The lowest BCUT2D eigenvalue weighted by Crippen LogP contribution is -2.34. The first-order chi connectivity index (χ1) is 12.1. The van der Waals surface area contributed by atoms with E-state index in [0.29, 0.717) is 18.8 Å². The van der Waals surface area contributed by atoms with Gasteiger partial charge < -0.3 is 10.6 Å². The molecule has 0 atom stereocenters. The highest BCUT2D eigenvalue weighted by molar-refractivity contribution is 5.94. The van der Waals surface area contributed by atoms with Crippen molar-refractivity contribution < 1.29 is 14.0 Å². The van der Waals surface area contributed by atoms with Crippen molar-refractivity contribution in [2.45, 2.75) is 32.6 Å². The Labute approximate surface area is 145 Å². The quantitative estimate of drug-likeness (QED) is 0.812. The number of aromatic nitrogens is 2. The summed E-state index contributed by atoms with van der Waals surface area (Å²) >= 11 is 0. The standard InChI is InChI=1S/C18H21FN4O2/c1-12(24)20-10-11-21-18(25)17-15-4-2-3-5-16(15)23(22-17)14-8-6-13(19)7-9-14/h6-9H,2-5,10-11H2,1H3,(H,20,24)(H,21,25). The lowest BCUT2D eigenvalue weighted by Gasteiger charge is -2.14. The third-order valence-electron chi connectivity index (χ3n) is 4.25. The van der Waals surface area contributed by atoms with Crippen LogP contribution in [0.3, 0.4) is 0 Å². The Morgan fingerprint density at radius 2 is 1.80 bits per heavy atom. The van der Waals surface area contributed by atoms with Crippen LogP contribution in [0.5, 0.6) is 0 Å². The van der Waals surface area contributed by atoms with Crippen molar-refractivity contribution in [1.82, 2.24) is 20.4 Å². The second kappa shape index (κ2) is 7.46. The molecular weight excluding hydrogens is 323 g/mol. The number of halogens is 1. The second-order valence-electron chi connectivity index (χ2n) is 6.11. The average Bonchev–Trinajstić information content (AvgIpc) is 2.99. The predicted octanol–water partition coefficient (Wildman–Crippen LogP) is 1.76. The van der Waals surface area contributed by atoms with Gasteiger partial charge in [-0.1, -0.05) is 0 Å². The minimum absolute atomic E-state index is 0.132. The molecule has 3 rings (SSSR count). The highest BCUT2D eigenvalue weighted by Crippen LogP contribution is 2.27. The molecule has 1 aromatic carbocycles. The summed E-state index contributed by atoms with van der Waals surface area (Å²) in [5.41, 5.74) is 3.15. The fourth-order valence-electron chi connectivity index (χ4n) is 3.08. The zero-order valence-electron chi connectivity index (χ0n) is 14.1. The van der Waals surface area contributed by atoms with E-state index in [-0.39, 0.29) is 17.6 Å². The molecule has 0 fully saturated rings. The van der Waals surface area contributed by atoms with Crippen molar-refractivity contribution in [1.29, 1.82) is 0 Å². The molecule has 7 heteroatoms. The molecule has 132 valence electrons. The molecule has 2 aromatic rings. The number of hydrogen-bond donors (Lipinski definition) is 2. The summed E-state index contributed by atoms with van der Waals surface area (Å²) in [6.45, 7) is 2.15. The summed E-state index contributed by atoms with van der Waals surface area (Å²) in [5.74, 6) is -0.683. The number of carbonyl (C=O) groups excluding carboxylic acids is 2. The predicted molar refractivity (Wildman–Crippen MR) is 91.2 cm³/mol. The molecule has 6 nitrogen and oxygen atoms in total. The Balaban J connectivity index is 1.83. The molecule has 1 heterocycles. The molecule has 0 aliphatic heterocycles. The number of nitrogens with one attached hydrogen (secondary N) is 2. The maximum Gasteiger partial charge on any atom is 0.272 e. The van der Waals surface area contributed by atoms with Gasteiger partial charge in [-0.05, 0) is 49.9 Å². The molecule has 0 unspecified atom stereocenters. The van der Waals surface area contributed by atoms with Crippen LogP contribution in [-0.2, 0) is 17.6 Å². The Bertz CT molecular complexity index is 783. The summed E-state index contributed by atoms with van der Waals surface area (Å²) in [7, 11) is 0. The Hall–Kier alpha value is -2.70. The Morgan fingerprint density at radius 1 is 1.12 bits per heavy atom. The van der Waals surface area contributed by atoms with E-state index in [2.05, 4.69) is 15.7 Å². The first-order valence-electron chi connectivity index (χ1n) is 8.45. The zero-order valence-corrected chi connectivity index (χ0v) is 14.1. The van der Waals surface area contributed by atoms with Gasteiger partial charge in [0.1, 0.15) is 5.82 Å². The number of rotatable bonds is 5. The van der Waals surface area contributed by atoms with Crippen LogP contribution >= 0.6 is 0 Å². The molecule has 1 aliphatic carbocycles. The molecule has 1 aromatic heterocycles. The largest absolute Gasteiger partial charge is 0.355 e. The van der Waals surface area contributed by atoms with E-state index in [1.165, 1.54) is 19.1 Å². The van der Waals surface area contributed by atoms with Crippen LogP contribution in [0.25, 0.3) is 5.69 Å². The number of carbonyl (C=O) groups is 2. The molecule has 0 spiro atoms. The van der Waals surface area contributed by atoms with Gasteiger partial charge in [-0.2, -0.15) is 5.10 Å². The average molecular weight is 344 g/mol. The van der Waals surface area contributed by atoms with Crippen LogP contribution in [-0.4, -0.2) is 34.7 Å². The van der Waals surface area contributed by atoms with E-state index in [0.717, 1.165) is 42.6 Å². The maximum absolute atomic E-state index is 13.2. The summed E-state index contributed by atoms with van der Waals surface area (Å²) in [6, 6.07) is 6.10. The Kier molecular flexibility index (Phi) is 5.11. The van der Waals surface area contributed by atoms with Crippen LogP contribution in [0.2, 0.25) is 0 Å². The maximum atomic E-state index is 13.2. The van der Waals surface area contributed by atoms with Crippen LogP contribution in [0.15, 0.2) is 24.3 Å². The summed E-state index contributed by atoms with van der Waals surface area (Å²) in [5, 5.41) is 9.93. The van der Waals surface area contributed by atoms with E-state index < -0.39 is 0 Å². The van der Waals surface area contributed by atoms with E-state index in [1.54, 1.807) is 16.8 Å². The number of fused-ring (bicyclic) bond motifs is 1. The van der Waals surface area contributed by atoms with Gasteiger partial charge in [0, 0.05) is 31.3 Å². The normalized spacial score (nSPS) is 13.2. The van der Waals surface area contributed by atoms with Crippen molar-refractivity contribution in [2.75, 3.05) is 13.1 Å². The van der Waals surface area contributed by atoms with Gasteiger partial charge in [0.2, 0.25) is 5.91 Å². The van der Waals surface area contributed by atoms with Crippen LogP contribution in [0.1, 0.15) is 41.5 Å². The number of benzene rings is 1. The smallest absolute Gasteiger partial charge is 0.272 e. The third kappa shape index (κ3) is 3.87. The van der Waals surface area contributed by atoms with Crippen molar-refractivity contribution >= 4 is 11.8 Å². The first-order valence-corrected chi connectivity index (χ1v) is 8.45. The number of amides is 2. The highest BCUT2D eigenvalue weighted by atomic mass is 19.1. The molecular formula is C18H21FN4O2. The van der Waals surface area contributed by atoms with E-state index in [1.807, 2.05) is 0 Å². The fraction of sp³-hybridized carbons (Fsp3) is 0.389. The van der Waals surface area contributed by atoms with Crippen molar-refractivity contribution in [3.63, 3.8) is 0 Å². The van der Waals surface area contributed by atoms with Crippen LogP contribution in [0.4, 0.5) is 4.39 Å². The van der Waals surface area contributed by atoms with Crippen molar-refractivity contribution in [3.8, 4) is 5.69 Å². The van der Waals surface area contributed by atoms with Crippen molar-refractivity contribution in [3.05, 3.63) is 47.0 Å². The van der Waals surface area contributed by atoms with Gasteiger partial charge in [0.05, 0.1) is 5.69 Å². The number of nitrogens with zero attached hydrogens (tertiary/aromatic N) is 2. The molecule has 2 amide bonds. The van der Waals surface area contributed by atoms with Crippen molar-refractivity contribution in [2.24, 2.45) is 0 Å². The van der Waals surface area contributed by atoms with Gasteiger partial charge in [0.25, 0.3) is 5.91 Å². The summed E-state index contributed by atoms with van der Waals surface area (Å²) in [4.78, 5) is 23.4. The molecule has 0 saturated carbocycles. The van der Waals surface area contributed by atoms with Gasteiger partial charge >= 0.3 is 0 Å². The molecule has 1 aliphatic rings. The Morgan fingerprint density at radius 3 is 2.52 bits per heavy atom. The molecule has 2 N–H and O–H groups in total. The minimum Gasteiger partial charge on any atom is -0.355 e. The molecule has 0 bridgehead atoms. The monoisotopic (exact) mass is 344 g/mol. The lowest BCUT2D eigenvalue weighted by molar-refractivity contribution is -0.118. The van der Waals surface area contributed by atoms with Crippen LogP contribution in [0, 0.1) is 5.82 Å². The van der Waals surface area contributed by atoms with Gasteiger partial charge in [-0.15, -0.1) is 0 Å². The van der Waals surface area contributed by atoms with Gasteiger partial charge in [-0.25, -0.2) is 9.07 Å². The van der Waals surface area contributed by atoms with E-state index >= 15 is 0 Å². The lowest BCUT2D eigenvalue weighted by atomic mass is 9.95. The highest BCUT2D eigenvalue weighted by Gasteiger charge is 2.25. The zero-order chi connectivity index (χ0) is 17.8. The second-order valence-corrected chi connectivity index (χ2v) is 6.11. The topological polar surface area (TPSA) is 76.0 Å². The molecule has 0 saturated heterocycles. The van der Waals surface area contributed by atoms with Crippen LogP contribution < -0.4 is 10.6 Å². The van der Waals surface area contributed by atoms with Gasteiger partial charge in [-0.3, -0.25) is 9.59 Å². The third-order valence-corrected chi connectivity index (χ3v) is 4.25. The fourth-order valence-corrected chi connectivity index (χ4v) is 3.08. The van der Waals surface area contributed by atoms with Gasteiger partial charge in [0.15, 0.2) is 5.69 Å². The van der Waals surface area contributed by atoms with E-state index in [9.17, 15) is 14.0 Å². The summed E-state index contributed by atoms with van der Waals surface area (Å²) < 4.78 is 14.9. The minimum atomic E-state index is -0.305.